The summed E-state index contributed by atoms with van der Waals surface area (Å²) in [7, 11) is 3.07. The van der Waals surface area contributed by atoms with Gasteiger partial charge in [0.05, 0.1) is 26.7 Å². The van der Waals surface area contributed by atoms with E-state index >= 15 is 0 Å². The van der Waals surface area contributed by atoms with E-state index in [0.717, 1.165) is 0 Å². The van der Waals surface area contributed by atoms with Crippen LogP contribution in [-0.2, 0) is 19.1 Å². The van der Waals surface area contributed by atoms with Crippen molar-refractivity contribution < 1.29 is 28.5 Å². The van der Waals surface area contributed by atoms with Crippen LogP contribution in [0.3, 0.4) is 0 Å². The highest BCUT2D eigenvalue weighted by Crippen LogP contribution is 2.49. The Morgan fingerprint density at radius 2 is 1.90 bits per heavy atom. The molecule has 2 aliphatic rings. The predicted octanol–water partition coefficient (Wildman–Crippen LogP) is 3.19. The molecule has 1 heterocycles. The SMILES string of the molecule is CCOC(=O)C1=C(N)OC2=C(C(=O)CC(C)(C)C2)[C@H]1c1ccc(OC)c(OC)c1. The molecule has 2 N–H and O–H groups in total. The second-order valence-corrected chi connectivity index (χ2v) is 7.93. The molecule has 1 aliphatic carbocycles. The number of ketones is 1. The van der Waals surface area contributed by atoms with Crippen molar-refractivity contribution in [3.8, 4) is 11.5 Å². The molecule has 1 aromatic rings. The van der Waals surface area contributed by atoms with Gasteiger partial charge in [-0.3, -0.25) is 4.79 Å². The van der Waals surface area contributed by atoms with Crippen LogP contribution >= 0.6 is 0 Å². The van der Waals surface area contributed by atoms with Crippen molar-refractivity contribution in [3.05, 3.63) is 46.6 Å². The third kappa shape index (κ3) is 3.81. The van der Waals surface area contributed by atoms with Crippen molar-refractivity contribution in [2.24, 2.45) is 11.1 Å². The molecule has 7 nitrogen and oxygen atoms in total. The highest BCUT2D eigenvalue weighted by molar-refractivity contribution is 6.03. The monoisotopic (exact) mass is 401 g/mol. The Balaban J connectivity index is 2.20. The summed E-state index contributed by atoms with van der Waals surface area (Å²) in [6.45, 7) is 5.90. The molecule has 0 aromatic heterocycles. The molecular formula is C22H27NO6. The van der Waals surface area contributed by atoms with Crippen LogP contribution in [0.25, 0.3) is 0 Å². The van der Waals surface area contributed by atoms with Crippen LogP contribution in [0.5, 0.6) is 11.5 Å². The average molecular weight is 401 g/mol. The van der Waals surface area contributed by atoms with E-state index < -0.39 is 11.9 Å². The molecular weight excluding hydrogens is 374 g/mol. The summed E-state index contributed by atoms with van der Waals surface area (Å²) in [5.74, 6) is 0.150. The smallest absolute Gasteiger partial charge is 0.340 e. The van der Waals surface area contributed by atoms with Crippen LogP contribution in [0.1, 0.15) is 45.1 Å². The van der Waals surface area contributed by atoms with E-state index in [2.05, 4.69) is 0 Å². The molecule has 0 fully saturated rings. The van der Waals surface area contributed by atoms with Gasteiger partial charge in [0.15, 0.2) is 17.3 Å². The van der Waals surface area contributed by atoms with Gasteiger partial charge in [0.2, 0.25) is 5.88 Å². The lowest BCUT2D eigenvalue weighted by Gasteiger charge is -2.38. The van der Waals surface area contributed by atoms with Gasteiger partial charge in [0.25, 0.3) is 0 Å². The van der Waals surface area contributed by atoms with Crippen molar-refractivity contribution in [2.75, 3.05) is 20.8 Å². The number of nitrogens with two attached hydrogens (primary N) is 1. The lowest BCUT2D eigenvalue weighted by atomic mass is 9.70. The third-order valence-electron chi connectivity index (χ3n) is 5.19. The maximum Gasteiger partial charge on any atom is 0.340 e. The first-order chi connectivity index (χ1) is 13.7. The van der Waals surface area contributed by atoms with E-state index in [0.29, 0.717) is 41.2 Å². The van der Waals surface area contributed by atoms with Gasteiger partial charge in [-0.2, -0.15) is 0 Å². The minimum absolute atomic E-state index is 0.0347. The largest absolute Gasteiger partial charge is 0.493 e. The number of esters is 1. The number of methoxy groups -OCH3 is 2. The van der Waals surface area contributed by atoms with Crippen LogP contribution < -0.4 is 15.2 Å². The van der Waals surface area contributed by atoms with Gasteiger partial charge >= 0.3 is 5.97 Å². The predicted molar refractivity (Wildman–Crippen MR) is 106 cm³/mol. The lowest BCUT2D eigenvalue weighted by molar-refractivity contribution is -0.139. The molecule has 0 saturated heterocycles. The minimum atomic E-state index is -0.693. The fourth-order valence-corrected chi connectivity index (χ4v) is 3.96. The summed E-state index contributed by atoms with van der Waals surface area (Å²) >= 11 is 0. The fraction of sp³-hybridized carbons (Fsp3) is 0.455. The van der Waals surface area contributed by atoms with E-state index in [9.17, 15) is 9.59 Å². The Hall–Kier alpha value is -2.96. The highest BCUT2D eigenvalue weighted by Gasteiger charge is 2.45. The van der Waals surface area contributed by atoms with Gasteiger partial charge in [-0.05, 0) is 30.0 Å². The molecule has 0 amide bonds. The topological polar surface area (TPSA) is 97.1 Å². The van der Waals surface area contributed by atoms with Crippen molar-refractivity contribution in [3.63, 3.8) is 0 Å². The number of Topliss-reactive ketones (excluding diaryl/α,β-unsaturated/α-hetero) is 1. The summed E-state index contributed by atoms with van der Waals surface area (Å²) in [5, 5.41) is 0. The Kier molecular flexibility index (Phi) is 5.59. The number of hydrogen-bond acceptors (Lipinski definition) is 7. The molecule has 1 aromatic carbocycles. The molecule has 7 heteroatoms. The molecule has 0 radical (unpaired) electrons. The first-order valence-corrected chi connectivity index (χ1v) is 9.55. The summed E-state index contributed by atoms with van der Waals surface area (Å²) in [6, 6.07) is 5.28. The Labute approximate surface area is 170 Å². The Morgan fingerprint density at radius 3 is 2.52 bits per heavy atom. The highest BCUT2D eigenvalue weighted by atomic mass is 16.5. The number of benzene rings is 1. The van der Waals surface area contributed by atoms with E-state index in [1.807, 2.05) is 13.8 Å². The number of allylic oxidation sites excluding steroid dienone is 2. The molecule has 0 bridgehead atoms. The second-order valence-electron chi connectivity index (χ2n) is 7.93. The minimum Gasteiger partial charge on any atom is -0.493 e. The van der Waals surface area contributed by atoms with Crippen LogP contribution in [0.4, 0.5) is 0 Å². The molecule has 29 heavy (non-hydrogen) atoms. The first kappa shape index (κ1) is 20.8. The number of carbonyl (C=O) groups excluding carboxylic acids is 2. The molecule has 0 spiro atoms. The zero-order chi connectivity index (χ0) is 21.3. The Bertz CT molecular complexity index is 912. The molecule has 1 aliphatic heterocycles. The van der Waals surface area contributed by atoms with Crippen molar-refractivity contribution in [2.45, 2.75) is 39.5 Å². The normalized spacial score (nSPS) is 20.7. The standard InChI is InChI=1S/C22H27NO6/c1-6-28-21(25)19-17(12-7-8-14(26-4)15(9-12)27-5)18-13(24)10-22(2,3)11-16(18)29-20(19)23/h7-9,17H,6,10-11,23H2,1-5H3/t17-/m1/s1. The van der Waals surface area contributed by atoms with Crippen LogP contribution in [0.2, 0.25) is 0 Å². The van der Waals surface area contributed by atoms with Gasteiger partial charge in [-0.1, -0.05) is 19.9 Å². The Morgan fingerprint density at radius 1 is 1.21 bits per heavy atom. The van der Waals surface area contributed by atoms with E-state index in [4.69, 9.17) is 24.7 Å². The number of hydrogen-bond donors (Lipinski definition) is 1. The fourth-order valence-electron chi connectivity index (χ4n) is 3.96. The number of carbonyl (C=O) groups is 2. The zero-order valence-electron chi connectivity index (χ0n) is 17.5. The van der Waals surface area contributed by atoms with Crippen molar-refractivity contribution in [1.29, 1.82) is 0 Å². The van der Waals surface area contributed by atoms with E-state index in [1.165, 1.54) is 7.11 Å². The van der Waals surface area contributed by atoms with Gasteiger partial charge in [-0.25, -0.2) is 4.79 Å². The third-order valence-corrected chi connectivity index (χ3v) is 5.19. The quantitative estimate of drug-likeness (QED) is 0.757. The molecule has 3 rings (SSSR count). The lowest BCUT2D eigenvalue weighted by Crippen LogP contribution is -2.35. The summed E-state index contributed by atoms with van der Waals surface area (Å²) in [6.07, 6.45) is 0.906. The molecule has 1 atom stereocenters. The van der Waals surface area contributed by atoms with Crippen molar-refractivity contribution in [1.82, 2.24) is 0 Å². The van der Waals surface area contributed by atoms with Crippen molar-refractivity contribution >= 4 is 11.8 Å². The summed E-state index contributed by atoms with van der Waals surface area (Å²) in [4.78, 5) is 25.9. The number of rotatable bonds is 5. The maximum atomic E-state index is 13.1. The van der Waals surface area contributed by atoms with Gasteiger partial charge in [0.1, 0.15) is 11.3 Å². The summed E-state index contributed by atoms with van der Waals surface area (Å²) < 4.78 is 21.7. The zero-order valence-corrected chi connectivity index (χ0v) is 17.5. The number of ether oxygens (including phenoxy) is 4. The molecule has 156 valence electrons. The van der Waals surface area contributed by atoms with E-state index in [1.54, 1.807) is 32.2 Å². The van der Waals surface area contributed by atoms with E-state index in [-0.39, 0.29) is 29.3 Å². The summed E-state index contributed by atoms with van der Waals surface area (Å²) in [5.41, 5.74) is 7.17. The molecule has 0 saturated carbocycles. The van der Waals surface area contributed by atoms with Crippen LogP contribution in [-0.4, -0.2) is 32.6 Å². The maximum absolute atomic E-state index is 13.1. The first-order valence-electron chi connectivity index (χ1n) is 9.55. The molecule has 0 unspecified atom stereocenters. The second kappa shape index (κ2) is 7.81. The van der Waals surface area contributed by atoms with Gasteiger partial charge in [-0.15, -0.1) is 0 Å². The average Bonchev–Trinajstić information content (AvgIpc) is 2.65. The van der Waals surface area contributed by atoms with Gasteiger partial charge in [0, 0.05) is 18.4 Å². The van der Waals surface area contributed by atoms with Crippen LogP contribution in [0, 0.1) is 5.41 Å². The van der Waals surface area contributed by atoms with Gasteiger partial charge < -0.3 is 24.7 Å². The van der Waals surface area contributed by atoms with Crippen LogP contribution in [0.15, 0.2) is 41.0 Å².